The predicted octanol–water partition coefficient (Wildman–Crippen LogP) is -0.609. The normalized spacial score (nSPS) is 14.2. The molecule has 0 unspecified atom stereocenters. The number of rotatable bonds is 18. The lowest BCUT2D eigenvalue weighted by Crippen LogP contribution is -2.60. The van der Waals surface area contributed by atoms with E-state index < -0.39 is 101 Å². The maximum absolute atomic E-state index is 13.6. The standard InChI is InChI=1S/C29H41N5O10S/c1-14(2)23(30-16(5)35)27(42)32-19(12-21(36)37)25(40)31-18(11-17-9-7-6-8-10-17)26(41)34-24(15(3)4)28(43)33-20(29(44)45)13-22(38)39/h6-10,14-15,18-20,23-24H,11-13H2,1-5H3,(H,30,35)(H,31,40)(H,32,42)(H,33,43)(H,34,41)(H,36,37)(H,38,39)(H,44,45)/t18-,19-,20-,23-,24-/m0/s1. The van der Waals surface area contributed by atoms with E-state index in [0.717, 1.165) is 0 Å². The number of hydrogen-bond donors (Lipinski definition) is 8. The molecule has 0 aliphatic heterocycles. The van der Waals surface area contributed by atoms with Crippen LogP contribution in [-0.4, -0.2) is 87.0 Å². The van der Waals surface area contributed by atoms with Gasteiger partial charge in [0.15, 0.2) is 0 Å². The predicted molar refractivity (Wildman–Crippen MR) is 164 cm³/mol. The lowest BCUT2D eigenvalue weighted by molar-refractivity contribution is -0.142. The molecular formula is C29H41N5O10S. The largest absolute Gasteiger partial charge is 0.481 e. The Morgan fingerprint density at radius 3 is 1.49 bits per heavy atom. The van der Waals surface area contributed by atoms with E-state index in [4.69, 9.17) is 5.11 Å². The number of carbonyl (C=O) groups excluding carboxylic acids is 6. The van der Waals surface area contributed by atoms with E-state index in [1.165, 1.54) is 6.92 Å². The zero-order chi connectivity index (χ0) is 34.4. The number of carboxylic acid groups (broad SMARTS) is 2. The summed E-state index contributed by atoms with van der Waals surface area (Å²) in [5, 5.41) is 29.6. The molecule has 1 aromatic rings. The summed E-state index contributed by atoms with van der Waals surface area (Å²) in [6, 6.07) is 1.61. The molecular weight excluding hydrogens is 610 g/mol. The molecule has 45 heavy (non-hydrogen) atoms. The molecule has 0 bridgehead atoms. The van der Waals surface area contributed by atoms with Crippen molar-refractivity contribution in [1.29, 1.82) is 0 Å². The van der Waals surface area contributed by atoms with Gasteiger partial charge in [-0.25, -0.2) is 0 Å². The summed E-state index contributed by atoms with van der Waals surface area (Å²) < 4.78 is 0. The van der Waals surface area contributed by atoms with Gasteiger partial charge < -0.3 is 36.8 Å². The van der Waals surface area contributed by atoms with Gasteiger partial charge in [-0.05, 0) is 17.4 Å². The van der Waals surface area contributed by atoms with E-state index in [0.29, 0.717) is 5.56 Å². The van der Waals surface area contributed by atoms with E-state index >= 15 is 0 Å². The van der Waals surface area contributed by atoms with Crippen LogP contribution in [0, 0.1) is 11.8 Å². The lowest BCUT2D eigenvalue weighted by Gasteiger charge is -2.28. The highest BCUT2D eigenvalue weighted by molar-refractivity contribution is 7.96. The Balaban J connectivity index is 3.31. The molecule has 248 valence electrons. The van der Waals surface area contributed by atoms with Crippen LogP contribution in [0.25, 0.3) is 0 Å². The van der Waals surface area contributed by atoms with Gasteiger partial charge >= 0.3 is 11.9 Å². The molecule has 1 aromatic carbocycles. The molecule has 0 heterocycles. The van der Waals surface area contributed by atoms with Gasteiger partial charge in [-0.2, -0.15) is 0 Å². The van der Waals surface area contributed by atoms with Crippen LogP contribution in [0.5, 0.6) is 0 Å². The lowest BCUT2D eigenvalue weighted by atomic mass is 10.00. The van der Waals surface area contributed by atoms with E-state index in [-0.39, 0.29) is 6.42 Å². The first-order chi connectivity index (χ1) is 20.9. The summed E-state index contributed by atoms with van der Waals surface area (Å²) in [5.41, 5.74) is 0.593. The molecule has 0 aliphatic rings. The van der Waals surface area contributed by atoms with Gasteiger partial charge in [0, 0.05) is 13.3 Å². The van der Waals surface area contributed by atoms with Gasteiger partial charge in [-0.1, -0.05) is 58.0 Å². The van der Waals surface area contributed by atoms with E-state index in [1.807, 2.05) is 0 Å². The minimum atomic E-state index is -1.64. The number of carboxylic acids is 2. The van der Waals surface area contributed by atoms with Crippen LogP contribution in [-0.2, 0) is 44.8 Å². The second-order valence-corrected chi connectivity index (χ2v) is 11.5. The maximum atomic E-state index is 13.6. The van der Waals surface area contributed by atoms with Crippen LogP contribution in [0.15, 0.2) is 30.3 Å². The molecule has 0 spiro atoms. The van der Waals surface area contributed by atoms with Crippen molar-refractivity contribution in [3.63, 3.8) is 0 Å². The zero-order valence-corrected chi connectivity index (χ0v) is 26.6. The Morgan fingerprint density at radius 1 is 0.622 bits per heavy atom. The fourth-order valence-electron chi connectivity index (χ4n) is 4.16. The Labute approximate surface area is 266 Å². The molecule has 16 heteroatoms. The van der Waals surface area contributed by atoms with E-state index in [1.54, 1.807) is 58.0 Å². The average molecular weight is 652 g/mol. The van der Waals surface area contributed by atoms with Crippen LogP contribution in [0.1, 0.15) is 53.0 Å². The van der Waals surface area contributed by atoms with Crippen LogP contribution in [0.3, 0.4) is 0 Å². The van der Waals surface area contributed by atoms with Crippen LogP contribution >= 0.6 is 12.6 Å². The van der Waals surface area contributed by atoms with Crippen molar-refractivity contribution in [3.05, 3.63) is 35.9 Å². The zero-order valence-electron chi connectivity index (χ0n) is 25.7. The molecule has 0 saturated carbocycles. The van der Waals surface area contributed by atoms with E-state index in [9.17, 15) is 43.5 Å². The Kier molecular flexibility index (Phi) is 15.7. The molecule has 0 aromatic heterocycles. The minimum absolute atomic E-state index is 0.101. The van der Waals surface area contributed by atoms with Crippen molar-refractivity contribution in [3.8, 4) is 0 Å². The number of thiol groups is 1. The first-order valence-corrected chi connectivity index (χ1v) is 14.6. The monoisotopic (exact) mass is 651 g/mol. The molecule has 0 saturated heterocycles. The van der Waals surface area contributed by atoms with Crippen molar-refractivity contribution < 1.29 is 48.6 Å². The van der Waals surface area contributed by atoms with Crippen LogP contribution in [0.2, 0.25) is 0 Å². The van der Waals surface area contributed by atoms with Gasteiger partial charge in [0.2, 0.25) is 34.7 Å². The second kappa shape index (κ2) is 18.4. The third-order valence-electron chi connectivity index (χ3n) is 6.48. The Bertz CT molecular complexity index is 1260. The molecule has 15 nitrogen and oxygen atoms in total. The fraction of sp³-hybridized carbons (Fsp3) is 0.517. The Morgan fingerprint density at radius 2 is 1.04 bits per heavy atom. The molecule has 5 amide bonds. The number of amides is 5. The molecule has 1 rings (SSSR count). The van der Waals surface area contributed by atoms with Gasteiger partial charge in [-0.3, -0.25) is 38.4 Å². The summed E-state index contributed by atoms with van der Waals surface area (Å²) in [7, 11) is 0. The summed E-state index contributed by atoms with van der Waals surface area (Å²) in [5.74, 6) is -7.83. The number of aliphatic carboxylic acids is 2. The topological polar surface area (TPSA) is 237 Å². The van der Waals surface area contributed by atoms with E-state index in [2.05, 4.69) is 39.2 Å². The maximum Gasteiger partial charge on any atom is 0.305 e. The highest BCUT2D eigenvalue weighted by Crippen LogP contribution is 2.10. The molecule has 5 atom stereocenters. The average Bonchev–Trinajstić information content (AvgIpc) is 2.92. The van der Waals surface area contributed by atoms with Crippen molar-refractivity contribution >= 4 is 59.2 Å². The quantitative estimate of drug-likeness (QED) is 0.0937. The number of carbonyl (C=O) groups is 8. The van der Waals surface area contributed by atoms with Crippen molar-refractivity contribution in [2.24, 2.45) is 11.8 Å². The minimum Gasteiger partial charge on any atom is -0.481 e. The molecule has 0 fully saturated rings. The van der Waals surface area contributed by atoms with Gasteiger partial charge in [0.25, 0.3) is 0 Å². The highest BCUT2D eigenvalue weighted by Gasteiger charge is 2.34. The number of benzene rings is 1. The number of nitrogens with one attached hydrogen (secondary N) is 5. The molecule has 0 radical (unpaired) electrons. The smallest absolute Gasteiger partial charge is 0.305 e. The van der Waals surface area contributed by atoms with Crippen LogP contribution < -0.4 is 26.6 Å². The summed E-state index contributed by atoms with van der Waals surface area (Å²) >= 11 is 3.62. The summed E-state index contributed by atoms with van der Waals surface area (Å²) in [4.78, 5) is 99.0. The van der Waals surface area contributed by atoms with Gasteiger partial charge in [0.1, 0.15) is 30.2 Å². The number of hydrogen-bond acceptors (Lipinski definition) is 8. The highest BCUT2D eigenvalue weighted by atomic mass is 32.1. The Hall–Kier alpha value is -4.47. The van der Waals surface area contributed by atoms with Crippen molar-refractivity contribution in [2.45, 2.75) is 84.1 Å². The molecule has 0 aliphatic carbocycles. The SMILES string of the molecule is CC(=O)N[C@H](C(=O)N[C@@H](CC(=O)O)C(=O)N[C@@H](Cc1ccccc1)C(=O)N[C@H](C(=O)N[C@@H](CC(=O)O)C(=O)S)C(C)C)C(C)C. The first kappa shape index (κ1) is 38.6. The first-order valence-electron chi connectivity index (χ1n) is 14.1. The van der Waals surface area contributed by atoms with Crippen molar-refractivity contribution in [2.75, 3.05) is 0 Å². The van der Waals surface area contributed by atoms with Gasteiger partial charge in [-0.15, -0.1) is 12.6 Å². The van der Waals surface area contributed by atoms with Gasteiger partial charge in [0.05, 0.1) is 12.8 Å². The third-order valence-corrected chi connectivity index (χ3v) is 6.79. The van der Waals surface area contributed by atoms with Crippen LogP contribution in [0.4, 0.5) is 0 Å². The summed E-state index contributed by atoms with van der Waals surface area (Å²) in [6.07, 6.45) is -1.69. The third kappa shape index (κ3) is 13.8. The molecule has 7 N–H and O–H groups in total. The van der Waals surface area contributed by atoms with Crippen molar-refractivity contribution in [1.82, 2.24) is 26.6 Å². The summed E-state index contributed by atoms with van der Waals surface area (Å²) in [6.45, 7) is 7.66. The fourth-order valence-corrected chi connectivity index (χ4v) is 4.31. The second-order valence-electron chi connectivity index (χ2n) is 11.1.